The summed E-state index contributed by atoms with van der Waals surface area (Å²) in [6.07, 6.45) is -4.52. The van der Waals surface area contributed by atoms with Crippen molar-refractivity contribution in [1.29, 1.82) is 0 Å². The molecule has 23 heavy (non-hydrogen) atoms. The molecule has 2 aromatic rings. The van der Waals surface area contributed by atoms with Crippen LogP contribution in [-0.2, 0) is 22.7 Å². The van der Waals surface area contributed by atoms with E-state index >= 15 is 0 Å². The number of benzene rings is 2. The molecule has 0 saturated carbocycles. The summed E-state index contributed by atoms with van der Waals surface area (Å²) in [5.74, 6) is 0. The summed E-state index contributed by atoms with van der Waals surface area (Å²) in [4.78, 5) is 0.0585. The van der Waals surface area contributed by atoms with Crippen molar-refractivity contribution in [2.75, 3.05) is 0 Å². The van der Waals surface area contributed by atoms with Gasteiger partial charge in [-0.25, -0.2) is 13.1 Å². The number of nitrogens with one attached hydrogen (secondary N) is 1. The predicted molar refractivity (Wildman–Crippen MR) is 92.3 cm³/mol. The molecule has 0 aliphatic heterocycles. The molecule has 0 heterocycles. The minimum Gasteiger partial charge on any atom is -0.207 e. The summed E-state index contributed by atoms with van der Waals surface area (Å²) >= 11 is 4.75. The largest absolute Gasteiger partial charge is 0.417 e. The van der Waals surface area contributed by atoms with Crippen molar-refractivity contribution < 1.29 is 21.6 Å². The number of hydrogen-bond acceptors (Lipinski definition) is 2. The molecule has 2 rings (SSSR count). The van der Waals surface area contributed by atoms with Crippen LogP contribution in [0.5, 0.6) is 0 Å². The Morgan fingerprint density at radius 3 is 2.30 bits per heavy atom. The SMILES string of the molecule is O=S(=O)(NCc1cc(C(F)(F)F)c(Br)cc1I)c1ccccc1. The van der Waals surface area contributed by atoms with Crippen molar-refractivity contribution >= 4 is 48.5 Å². The maximum atomic E-state index is 12.9. The quantitative estimate of drug-likeness (QED) is 0.602. The van der Waals surface area contributed by atoms with Crippen molar-refractivity contribution in [3.63, 3.8) is 0 Å². The monoisotopic (exact) mass is 519 g/mol. The standard InChI is InChI=1S/C14H10BrF3INO2S/c15-12-7-13(19)9(6-11(12)14(16,17)18)8-20-23(21,22)10-4-2-1-3-5-10/h1-7,20H,8H2. The molecular formula is C14H10BrF3INO2S. The van der Waals surface area contributed by atoms with Gasteiger partial charge in [-0.05, 0) is 52.4 Å². The Hall–Kier alpha value is -0.650. The molecule has 0 atom stereocenters. The molecule has 0 aliphatic carbocycles. The molecule has 0 saturated heterocycles. The summed E-state index contributed by atoms with van der Waals surface area (Å²) in [5, 5.41) is 0. The number of hydrogen-bond donors (Lipinski definition) is 1. The Balaban J connectivity index is 2.28. The first-order valence-electron chi connectivity index (χ1n) is 6.21. The summed E-state index contributed by atoms with van der Waals surface area (Å²) in [6, 6.07) is 9.90. The molecule has 0 unspecified atom stereocenters. The molecule has 0 spiro atoms. The van der Waals surface area contributed by atoms with Crippen LogP contribution in [0.25, 0.3) is 0 Å². The van der Waals surface area contributed by atoms with E-state index in [1.165, 1.54) is 18.2 Å². The van der Waals surface area contributed by atoms with Crippen molar-refractivity contribution in [1.82, 2.24) is 4.72 Å². The molecule has 0 amide bonds. The lowest BCUT2D eigenvalue weighted by Crippen LogP contribution is -2.24. The fraction of sp³-hybridized carbons (Fsp3) is 0.143. The maximum absolute atomic E-state index is 12.9. The predicted octanol–water partition coefficient (Wildman–Crippen LogP) is 4.55. The van der Waals surface area contributed by atoms with Crippen molar-refractivity contribution in [2.45, 2.75) is 17.6 Å². The Labute approximate surface area is 153 Å². The third-order valence-corrected chi connectivity index (χ3v) is 6.03. The van der Waals surface area contributed by atoms with Gasteiger partial charge in [0.2, 0.25) is 10.0 Å². The molecule has 9 heteroatoms. The van der Waals surface area contributed by atoms with Gasteiger partial charge in [0, 0.05) is 14.6 Å². The number of alkyl halides is 3. The summed E-state index contributed by atoms with van der Waals surface area (Å²) in [5.41, 5.74) is -0.590. The highest BCUT2D eigenvalue weighted by molar-refractivity contribution is 14.1. The fourth-order valence-electron chi connectivity index (χ4n) is 1.80. The van der Waals surface area contributed by atoms with Crippen LogP contribution in [0, 0.1) is 3.57 Å². The van der Waals surface area contributed by atoms with Crippen LogP contribution in [-0.4, -0.2) is 8.42 Å². The van der Waals surface area contributed by atoms with Crippen LogP contribution in [0.1, 0.15) is 11.1 Å². The first kappa shape index (κ1) is 18.7. The second-order valence-electron chi connectivity index (χ2n) is 4.56. The Bertz CT molecular complexity index is 811. The van der Waals surface area contributed by atoms with Crippen LogP contribution in [0.3, 0.4) is 0 Å². The van der Waals surface area contributed by atoms with Crippen LogP contribution in [0.4, 0.5) is 13.2 Å². The van der Waals surface area contributed by atoms with Crippen molar-refractivity contribution in [3.8, 4) is 0 Å². The van der Waals surface area contributed by atoms with Gasteiger partial charge in [-0.3, -0.25) is 0 Å². The smallest absolute Gasteiger partial charge is 0.207 e. The first-order chi connectivity index (χ1) is 10.6. The summed E-state index contributed by atoms with van der Waals surface area (Å²) < 4.78 is 65.8. The second-order valence-corrected chi connectivity index (χ2v) is 8.34. The van der Waals surface area contributed by atoms with Gasteiger partial charge in [0.1, 0.15) is 0 Å². The Morgan fingerprint density at radius 1 is 1.13 bits per heavy atom. The van der Waals surface area contributed by atoms with Crippen LogP contribution < -0.4 is 4.72 Å². The van der Waals surface area contributed by atoms with Gasteiger partial charge in [-0.1, -0.05) is 34.1 Å². The molecule has 3 nitrogen and oxygen atoms in total. The Morgan fingerprint density at radius 2 is 1.74 bits per heavy atom. The third-order valence-electron chi connectivity index (χ3n) is 2.95. The van der Waals surface area contributed by atoms with E-state index in [-0.39, 0.29) is 21.5 Å². The lowest BCUT2D eigenvalue weighted by Gasteiger charge is -2.14. The first-order valence-corrected chi connectivity index (χ1v) is 9.56. The normalized spacial score (nSPS) is 12.4. The molecule has 0 radical (unpaired) electrons. The minimum absolute atomic E-state index is 0.0585. The minimum atomic E-state index is -4.52. The van der Waals surface area contributed by atoms with Gasteiger partial charge in [0.05, 0.1) is 10.5 Å². The topological polar surface area (TPSA) is 46.2 Å². The van der Waals surface area contributed by atoms with E-state index in [9.17, 15) is 21.6 Å². The fourth-order valence-corrected chi connectivity index (χ4v) is 4.48. The van der Waals surface area contributed by atoms with E-state index < -0.39 is 21.8 Å². The maximum Gasteiger partial charge on any atom is 0.417 e. The highest BCUT2D eigenvalue weighted by Gasteiger charge is 2.33. The van der Waals surface area contributed by atoms with Gasteiger partial charge < -0.3 is 0 Å². The average Bonchev–Trinajstić information content (AvgIpc) is 2.46. The zero-order chi connectivity index (χ0) is 17.3. The zero-order valence-electron chi connectivity index (χ0n) is 11.4. The van der Waals surface area contributed by atoms with E-state index in [4.69, 9.17) is 0 Å². The summed E-state index contributed by atoms with van der Waals surface area (Å²) in [6.45, 7) is -0.230. The highest BCUT2D eigenvalue weighted by atomic mass is 127. The van der Waals surface area contributed by atoms with Crippen molar-refractivity contribution in [3.05, 3.63) is 61.6 Å². The number of rotatable bonds is 4. The van der Waals surface area contributed by atoms with Crippen LogP contribution in [0.15, 0.2) is 51.8 Å². The average molecular weight is 520 g/mol. The van der Waals surface area contributed by atoms with E-state index in [0.717, 1.165) is 6.07 Å². The zero-order valence-corrected chi connectivity index (χ0v) is 15.9. The number of halogens is 5. The van der Waals surface area contributed by atoms with Gasteiger partial charge in [-0.15, -0.1) is 0 Å². The molecular weight excluding hydrogens is 510 g/mol. The van der Waals surface area contributed by atoms with Gasteiger partial charge in [-0.2, -0.15) is 13.2 Å². The van der Waals surface area contributed by atoms with Crippen molar-refractivity contribution in [2.24, 2.45) is 0 Å². The van der Waals surface area contributed by atoms with E-state index in [1.807, 2.05) is 22.6 Å². The lowest BCUT2D eigenvalue weighted by atomic mass is 10.1. The van der Waals surface area contributed by atoms with Gasteiger partial charge >= 0.3 is 6.18 Å². The molecule has 1 N–H and O–H groups in total. The second kappa shape index (κ2) is 7.08. The molecule has 2 aromatic carbocycles. The molecule has 0 fully saturated rings. The molecule has 0 aliphatic rings. The van der Waals surface area contributed by atoms with Crippen LogP contribution in [0.2, 0.25) is 0 Å². The van der Waals surface area contributed by atoms with Crippen LogP contribution >= 0.6 is 38.5 Å². The van der Waals surface area contributed by atoms with Gasteiger partial charge in [0.25, 0.3) is 0 Å². The molecule has 0 bridgehead atoms. The third kappa shape index (κ3) is 4.68. The van der Waals surface area contributed by atoms with E-state index in [0.29, 0.717) is 3.57 Å². The highest BCUT2D eigenvalue weighted by Crippen LogP contribution is 2.36. The Kier molecular flexibility index (Phi) is 5.75. The number of sulfonamides is 1. The van der Waals surface area contributed by atoms with Gasteiger partial charge in [0.15, 0.2) is 0 Å². The molecule has 124 valence electrons. The summed E-state index contributed by atoms with van der Waals surface area (Å²) in [7, 11) is -3.78. The molecule has 0 aromatic heterocycles. The lowest BCUT2D eigenvalue weighted by molar-refractivity contribution is -0.138. The van der Waals surface area contributed by atoms with E-state index in [2.05, 4.69) is 20.7 Å². The van der Waals surface area contributed by atoms with E-state index in [1.54, 1.807) is 18.2 Å².